The summed E-state index contributed by atoms with van der Waals surface area (Å²) in [4.78, 5) is 15.8. The lowest BCUT2D eigenvalue weighted by molar-refractivity contribution is -0.117. The predicted molar refractivity (Wildman–Crippen MR) is 70.8 cm³/mol. The van der Waals surface area contributed by atoms with Crippen molar-refractivity contribution in [2.45, 2.75) is 12.8 Å². The van der Waals surface area contributed by atoms with E-state index in [4.69, 9.17) is 0 Å². The van der Waals surface area contributed by atoms with Crippen molar-refractivity contribution in [3.63, 3.8) is 0 Å². The average molecular weight is 308 g/mol. The lowest BCUT2D eigenvalue weighted by atomic mass is 10.0. The number of aromatic nitrogens is 1. The number of ketones is 1. The Labute approximate surface area is 113 Å². The molecule has 0 aliphatic heterocycles. The molecule has 18 heavy (non-hydrogen) atoms. The molecule has 2 aromatic rings. The number of carbonyl (C=O) groups excluding carboxylic acids is 1. The summed E-state index contributed by atoms with van der Waals surface area (Å²) in [6, 6.07) is 7.97. The number of Topliss-reactive ketones (excluding diaryl/α,β-unsaturated/α-hetero) is 1. The van der Waals surface area contributed by atoms with E-state index < -0.39 is 0 Å². The Bertz CT molecular complexity index is 522. The van der Waals surface area contributed by atoms with Crippen LogP contribution in [0.2, 0.25) is 0 Å². The van der Waals surface area contributed by atoms with Crippen molar-refractivity contribution in [2.75, 3.05) is 0 Å². The molecule has 0 unspecified atom stereocenters. The van der Waals surface area contributed by atoms with E-state index in [0.29, 0.717) is 12.0 Å². The molecule has 0 atom stereocenters. The molecule has 0 saturated heterocycles. The van der Waals surface area contributed by atoms with Crippen LogP contribution in [-0.2, 0) is 17.6 Å². The van der Waals surface area contributed by atoms with Gasteiger partial charge in [0, 0.05) is 29.7 Å². The summed E-state index contributed by atoms with van der Waals surface area (Å²) < 4.78 is 13.8. The van der Waals surface area contributed by atoms with E-state index in [2.05, 4.69) is 20.9 Å². The number of carbonyl (C=O) groups is 1. The first-order chi connectivity index (χ1) is 8.63. The van der Waals surface area contributed by atoms with Crippen LogP contribution in [0.5, 0.6) is 0 Å². The first-order valence-corrected chi connectivity index (χ1v) is 6.28. The number of hydrogen-bond donors (Lipinski definition) is 0. The molecule has 0 amide bonds. The molecule has 4 heteroatoms. The summed E-state index contributed by atoms with van der Waals surface area (Å²) in [6.45, 7) is 0. The van der Waals surface area contributed by atoms with Crippen LogP contribution in [0.15, 0.2) is 47.2 Å². The third-order valence-electron chi connectivity index (χ3n) is 2.45. The third-order valence-corrected chi connectivity index (χ3v) is 2.89. The van der Waals surface area contributed by atoms with Gasteiger partial charge in [0.25, 0.3) is 0 Å². The van der Waals surface area contributed by atoms with Gasteiger partial charge in [0.15, 0.2) is 0 Å². The van der Waals surface area contributed by atoms with Gasteiger partial charge in [0.1, 0.15) is 11.6 Å². The van der Waals surface area contributed by atoms with Gasteiger partial charge < -0.3 is 0 Å². The number of benzene rings is 1. The molecule has 1 aromatic carbocycles. The summed E-state index contributed by atoms with van der Waals surface area (Å²) in [7, 11) is 0. The predicted octanol–water partition coefficient (Wildman–Crippen LogP) is 3.34. The number of halogens is 2. The summed E-state index contributed by atoms with van der Waals surface area (Å²) in [5.74, 6) is -0.273. The zero-order chi connectivity index (χ0) is 13.0. The second-order valence-electron chi connectivity index (χ2n) is 4.03. The maximum atomic E-state index is 13.0. The smallest absolute Gasteiger partial charge is 0.141 e. The van der Waals surface area contributed by atoms with Gasteiger partial charge in [0.05, 0.1) is 0 Å². The highest BCUT2D eigenvalue weighted by atomic mass is 79.9. The van der Waals surface area contributed by atoms with Crippen molar-refractivity contribution < 1.29 is 9.18 Å². The summed E-state index contributed by atoms with van der Waals surface area (Å²) in [6.07, 6.45) is 3.88. The Morgan fingerprint density at radius 3 is 2.67 bits per heavy atom. The normalized spacial score (nSPS) is 10.3. The largest absolute Gasteiger partial charge is 0.299 e. The molecule has 0 spiro atoms. The van der Waals surface area contributed by atoms with Crippen LogP contribution in [0.4, 0.5) is 4.39 Å². The van der Waals surface area contributed by atoms with Crippen molar-refractivity contribution in [3.8, 4) is 0 Å². The molecule has 0 saturated carbocycles. The van der Waals surface area contributed by atoms with E-state index in [-0.39, 0.29) is 18.0 Å². The third kappa shape index (κ3) is 3.74. The zero-order valence-electron chi connectivity index (χ0n) is 9.57. The minimum absolute atomic E-state index is 0.0421. The molecular weight excluding hydrogens is 297 g/mol. The summed E-state index contributed by atoms with van der Waals surface area (Å²) in [5, 5.41) is 0. The molecular formula is C14H11BrFNO. The monoisotopic (exact) mass is 307 g/mol. The van der Waals surface area contributed by atoms with Gasteiger partial charge in [-0.25, -0.2) is 4.39 Å². The standard InChI is InChI=1S/C14H11BrFNO/c15-12-4-11(8-17-9-12)7-14(18)6-10-2-1-3-13(16)5-10/h1-5,8-9H,6-7H2. The number of pyridine rings is 1. The average Bonchev–Trinajstić information content (AvgIpc) is 2.28. The molecule has 0 bridgehead atoms. The van der Waals surface area contributed by atoms with Crippen molar-refractivity contribution >= 4 is 21.7 Å². The second-order valence-corrected chi connectivity index (χ2v) is 4.95. The van der Waals surface area contributed by atoms with E-state index in [1.165, 1.54) is 12.1 Å². The van der Waals surface area contributed by atoms with Crippen LogP contribution in [0.3, 0.4) is 0 Å². The molecule has 1 heterocycles. The maximum Gasteiger partial charge on any atom is 0.141 e. The van der Waals surface area contributed by atoms with Gasteiger partial charge in [-0.05, 0) is 45.3 Å². The Morgan fingerprint density at radius 2 is 1.94 bits per heavy atom. The van der Waals surface area contributed by atoms with E-state index in [0.717, 1.165) is 10.0 Å². The van der Waals surface area contributed by atoms with E-state index in [1.54, 1.807) is 24.5 Å². The molecule has 2 rings (SSSR count). The fourth-order valence-corrected chi connectivity index (χ4v) is 2.13. The fraction of sp³-hybridized carbons (Fsp3) is 0.143. The van der Waals surface area contributed by atoms with Crippen LogP contribution in [-0.4, -0.2) is 10.8 Å². The van der Waals surface area contributed by atoms with E-state index in [9.17, 15) is 9.18 Å². The van der Waals surface area contributed by atoms with Crippen LogP contribution in [0.25, 0.3) is 0 Å². The Balaban J connectivity index is 2.01. The van der Waals surface area contributed by atoms with Crippen LogP contribution in [0, 0.1) is 5.82 Å². The molecule has 1 aromatic heterocycles. The zero-order valence-corrected chi connectivity index (χ0v) is 11.2. The number of nitrogens with zero attached hydrogens (tertiary/aromatic N) is 1. The Kier molecular flexibility index (Phi) is 4.20. The van der Waals surface area contributed by atoms with Gasteiger partial charge in [-0.3, -0.25) is 9.78 Å². The van der Waals surface area contributed by atoms with Gasteiger partial charge in [-0.2, -0.15) is 0 Å². The molecule has 0 radical (unpaired) electrons. The van der Waals surface area contributed by atoms with Crippen molar-refractivity contribution in [1.29, 1.82) is 0 Å². The summed E-state index contributed by atoms with van der Waals surface area (Å²) >= 11 is 3.31. The lowest BCUT2D eigenvalue weighted by Gasteiger charge is -2.02. The minimum Gasteiger partial charge on any atom is -0.299 e. The number of hydrogen-bond acceptors (Lipinski definition) is 2. The van der Waals surface area contributed by atoms with E-state index in [1.807, 2.05) is 6.07 Å². The number of rotatable bonds is 4. The first kappa shape index (κ1) is 12.9. The van der Waals surface area contributed by atoms with Crippen LogP contribution >= 0.6 is 15.9 Å². The SMILES string of the molecule is O=C(Cc1cccc(F)c1)Cc1cncc(Br)c1. The van der Waals surface area contributed by atoms with Crippen molar-refractivity contribution in [3.05, 3.63) is 64.1 Å². The van der Waals surface area contributed by atoms with Gasteiger partial charge in [-0.15, -0.1) is 0 Å². The highest BCUT2D eigenvalue weighted by molar-refractivity contribution is 9.10. The van der Waals surface area contributed by atoms with Crippen LogP contribution < -0.4 is 0 Å². The first-order valence-electron chi connectivity index (χ1n) is 5.49. The highest BCUT2D eigenvalue weighted by Crippen LogP contribution is 2.12. The quantitative estimate of drug-likeness (QED) is 0.867. The lowest BCUT2D eigenvalue weighted by Crippen LogP contribution is -2.07. The second kappa shape index (κ2) is 5.87. The molecule has 0 aliphatic rings. The molecule has 0 fully saturated rings. The van der Waals surface area contributed by atoms with E-state index >= 15 is 0 Å². The molecule has 0 aliphatic carbocycles. The minimum atomic E-state index is -0.315. The molecule has 0 N–H and O–H groups in total. The molecule has 92 valence electrons. The Hall–Kier alpha value is -1.55. The van der Waals surface area contributed by atoms with Crippen molar-refractivity contribution in [2.24, 2.45) is 0 Å². The van der Waals surface area contributed by atoms with Crippen LogP contribution in [0.1, 0.15) is 11.1 Å². The van der Waals surface area contributed by atoms with Gasteiger partial charge in [0.2, 0.25) is 0 Å². The Morgan fingerprint density at radius 1 is 1.17 bits per heavy atom. The summed E-state index contributed by atoms with van der Waals surface area (Å²) in [5.41, 5.74) is 1.55. The van der Waals surface area contributed by atoms with Gasteiger partial charge >= 0.3 is 0 Å². The topological polar surface area (TPSA) is 30.0 Å². The highest BCUT2D eigenvalue weighted by Gasteiger charge is 2.06. The van der Waals surface area contributed by atoms with Crippen molar-refractivity contribution in [1.82, 2.24) is 4.98 Å². The fourth-order valence-electron chi connectivity index (χ4n) is 1.72. The van der Waals surface area contributed by atoms with Gasteiger partial charge in [-0.1, -0.05) is 12.1 Å². The maximum absolute atomic E-state index is 13.0. The molecule has 2 nitrogen and oxygen atoms in total.